The molecule has 0 aliphatic rings. The van der Waals surface area contributed by atoms with E-state index >= 15 is 0 Å². The Morgan fingerprint density at radius 2 is 2.00 bits per heavy atom. The number of carbonyl (C=O) groups is 2. The first-order chi connectivity index (χ1) is 9.54. The van der Waals surface area contributed by atoms with Gasteiger partial charge in [0.2, 0.25) is 11.8 Å². The van der Waals surface area contributed by atoms with Crippen LogP contribution in [0.3, 0.4) is 0 Å². The molecule has 0 saturated heterocycles. The molecular weight excluding hydrogens is 259 g/mol. The second-order valence-corrected chi connectivity index (χ2v) is 4.66. The van der Waals surface area contributed by atoms with Crippen LogP contribution in [0.4, 0.5) is 4.39 Å². The fourth-order valence-corrected chi connectivity index (χ4v) is 1.76. The van der Waals surface area contributed by atoms with Gasteiger partial charge in [0.25, 0.3) is 0 Å². The molecule has 0 unspecified atom stereocenters. The standard InChI is InChI=1S/C15H21FN2O2/c1-3-4-9-18(12(2)19)11-15(20)17-10-13-7-5-6-8-14(13)16/h5-8H,3-4,9-11H2,1-2H3,(H,17,20). The zero-order valence-electron chi connectivity index (χ0n) is 12.0. The van der Waals surface area contributed by atoms with Crippen LogP contribution in [0.2, 0.25) is 0 Å². The first-order valence-corrected chi connectivity index (χ1v) is 6.80. The van der Waals surface area contributed by atoms with Gasteiger partial charge in [-0.3, -0.25) is 9.59 Å². The van der Waals surface area contributed by atoms with Crippen molar-refractivity contribution < 1.29 is 14.0 Å². The average molecular weight is 280 g/mol. The number of nitrogens with zero attached hydrogens (tertiary/aromatic N) is 1. The van der Waals surface area contributed by atoms with Crippen molar-refractivity contribution in [2.75, 3.05) is 13.1 Å². The second-order valence-electron chi connectivity index (χ2n) is 4.66. The van der Waals surface area contributed by atoms with Crippen LogP contribution in [0.25, 0.3) is 0 Å². The second kappa shape index (κ2) is 8.30. The Kier molecular flexibility index (Phi) is 6.70. The minimum absolute atomic E-state index is 0.0176. The lowest BCUT2D eigenvalue weighted by atomic mass is 10.2. The summed E-state index contributed by atoms with van der Waals surface area (Å²) in [5.74, 6) is -0.749. The summed E-state index contributed by atoms with van der Waals surface area (Å²) < 4.78 is 13.4. The zero-order valence-corrected chi connectivity index (χ0v) is 12.0. The number of unbranched alkanes of at least 4 members (excludes halogenated alkanes) is 1. The molecule has 1 aromatic carbocycles. The van der Waals surface area contributed by atoms with Gasteiger partial charge in [0.1, 0.15) is 5.82 Å². The molecule has 1 aromatic rings. The molecule has 1 N–H and O–H groups in total. The summed E-state index contributed by atoms with van der Waals surface area (Å²) in [6.45, 7) is 4.18. The summed E-state index contributed by atoms with van der Waals surface area (Å²) in [6, 6.07) is 6.29. The molecule has 0 aliphatic heterocycles. The summed E-state index contributed by atoms with van der Waals surface area (Å²) in [7, 11) is 0. The van der Waals surface area contributed by atoms with Crippen LogP contribution < -0.4 is 5.32 Å². The Hall–Kier alpha value is -1.91. The van der Waals surface area contributed by atoms with Gasteiger partial charge in [-0.25, -0.2) is 4.39 Å². The maximum Gasteiger partial charge on any atom is 0.239 e. The Bertz CT molecular complexity index is 463. The van der Waals surface area contributed by atoms with E-state index in [0.29, 0.717) is 12.1 Å². The predicted molar refractivity (Wildman–Crippen MR) is 75.4 cm³/mol. The van der Waals surface area contributed by atoms with Crippen LogP contribution in [0.15, 0.2) is 24.3 Å². The van der Waals surface area contributed by atoms with Gasteiger partial charge in [0.15, 0.2) is 0 Å². The molecule has 0 spiro atoms. The number of halogens is 1. The highest BCUT2D eigenvalue weighted by atomic mass is 19.1. The molecule has 110 valence electrons. The molecule has 5 heteroatoms. The van der Waals surface area contributed by atoms with E-state index in [9.17, 15) is 14.0 Å². The van der Waals surface area contributed by atoms with Crippen LogP contribution in [0, 0.1) is 5.82 Å². The van der Waals surface area contributed by atoms with Crippen LogP contribution in [-0.4, -0.2) is 29.8 Å². The summed E-state index contributed by atoms with van der Waals surface area (Å²) in [4.78, 5) is 24.7. The molecule has 0 heterocycles. The van der Waals surface area contributed by atoms with E-state index in [1.54, 1.807) is 18.2 Å². The molecule has 0 aliphatic carbocycles. The van der Waals surface area contributed by atoms with E-state index in [-0.39, 0.29) is 30.7 Å². The quantitative estimate of drug-likeness (QED) is 0.831. The third-order valence-electron chi connectivity index (χ3n) is 3.00. The van der Waals surface area contributed by atoms with E-state index in [1.165, 1.54) is 17.9 Å². The topological polar surface area (TPSA) is 49.4 Å². The molecule has 0 bridgehead atoms. The fraction of sp³-hybridized carbons (Fsp3) is 0.467. The molecule has 0 fully saturated rings. The lowest BCUT2D eigenvalue weighted by Gasteiger charge is -2.20. The number of benzene rings is 1. The Morgan fingerprint density at radius 3 is 2.60 bits per heavy atom. The molecule has 0 saturated carbocycles. The van der Waals surface area contributed by atoms with E-state index in [0.717, 1.165) is 12.8 Å². The summed E-state index contributed by atoms with van der Waals surface area (Å²) >= 11 is 0. The maximum atomic E-state index is 13.4. The third-order valence-corrected chi connectivity index (χ3v) is 3.00. The Labute approximate surface area is 119 Å². The van der Waals surface area contributed by atoms with Crippen LogP contribution >= 0.6 is 0 Å². The van der Waals surface area contributed by atoms with E-state index in [2.05, 4.69) is 5.32 Å². The van der Waals surface area contributed by atoms with Crippen molar-refractivity contribution >= 4 is 11.8 Å². The lowest BCUT2D eigenvalue weighted by molar-refractivity contribution is -0.134. The highest BCUT2D eigenvalue weighted by Gasteiger charge is 2.13. The smallest absolute Gasteiger partial charge is 0.239 e. The van der Waals surface area contributed by atoms with Gasteiger partial charge in [-0.1, -0.05) is 31.5 Å². The van der Waals surface area contributed by atoms with Crippen LogP contribution in [-0.2, 0) is 16.1 Å². The zero-order chi connectivity index (χ0) is 15.0. The number of hydrogen-bond acceptors (Lipinski definition) is 2. The van der Waals surface area contributed by atoms with E-state index in [1.807, 2.05) is 6.92 Å². The van der Waals surface area contributed by atoms with Gasteiger partial charge in [-0.2, -0.15) is 0 Å². The van der Waals surface area contributed by atoms with Gasteiger partial charge in [-0.15, -0.1) is 0 Å². The van der Waals surface area contributed by atoms with Crippen molar-refractivity contribution in [1.82, 2.24) is 10.2 Å². The largest absolute Gasteiger partial charge is 0.350 e. The minimum atomic E-state index is -0.345. The highest BCUT2D eigenvalue weighted by Crippen LogP contribution is 2.05. The number of hydrogen-bond donors (Lipinski definition) is 1. The Balaban J connectivity index is 2.46. The van der Waals surface area contributed by atoms with Crippen molar-refractivity contribution in [3.8, 4) is 0 Å². The van der Waals surface area contributed by atoms with Gasteiger partial charge < -0.3 is 10.2 Å². The molecule has 4 nitrogen and oxygen atoms in total. The first kappa shape index (κ1) is 16.1. The maximum absolute atomic E-state index is 13.4. The van der Waals surface area contributed by atoms with Gasteiger partial charge in [0, 0.05) is 25.6 Å². The van der Waals surface area contributed by atoms with Gasteiger partial charge >= 0.3 is 0 Å². The molecule has 20 heavy (non-hydrogen) atoms. The summed E-state index contributed by atoms with van der Waals surface area (Å²) in [6.07, 6.45) is 1.82. The van der Waals surface area contributed by atoms with Crippen molar-refractivity contribution in [3.63, 3.8) is 0 Å². The molecule has 2 amide bonds. The molecule has 0 atom stereocenters. The Morgan fingerprint density at radius 1 is 1.30 bits per heavy atom. The normalized spacial score (nSPS) is 10.2. The van der Waals surface area contributed by atoms with Crippen molar-refractivity contribution in [3.05, 3.63) is 35.6 Å². The van der Waals surface area contributed by atoms with Crippen molar-refractivity contribution in [2.45, 2.75) is 33.2 Å². The average Bonchev–Trinajstić information content (AvgIpc) is 2.42. The summed E-state index contributed by atoms with van der Waals surface area (Å²) in [5, 5.41) is 2.63. The van der Waals surface area contributed by atoms with E-state index < -0.39 is 0 Å². The van der Waals surface area contributed by atoms with Crippen molar-refractivity contribution in [1.29, 1.82) is 0 Å². The molecular formula is C15H21FN2O2. The highest BCUT2D eigenvalue weighted by molar-refractivity contribution is 5.83. The predicted octanol–water partition coefficient (Wildman–Crippen LogP) is 2.09. The number of carbonyl (C=O) groups excluding carboxylic acids is 2. The van der Waals surface area contributed by atoms with Gasteiger partial charge in [0.05, 0.1) is 6.54 Å². The van der Waals surface area contributed by atoms with Crippen LogP contribution in [0.5, 0.6) is 0 Å². The van der Waals surface area contributed by atoms with Crippen molar-refractivity contribution in [2.24, 2.45) is 0 Å². The number of nitrogens with one attached hydrogen (secondary N) is 1. The number of amides is 2. The summed E-state index contributed by atoms with van der Waals surface area (Å²) in [5.41, 5.74) is 0.434. The minimum Gasteiger partial charge on any atom is -0.350 e. The molecule has 1 rings (SSSR count). The molecule has 0 aromatic heterocycles. The van der Waals surface area contributed by atoms with E-state index in [4.69, 9.17) is 0 Å². The van der Waals surface area contributed by atoms with Gasteiger partial charge in [-0.05, 0) is 12.5 Å². The fourth-order valence-electron chi connectivity index (χ4n) is 1.76. The first-order valence-electron chi connectivity index (χ1n) is 6.80. The number of rotatable bonds is 7. The van der Waals surface area contributed by atoms with Crippen LogP contribution in [0.1, 0.15) is 32.3 Å². The third kappa shape index (κ3) is 5.38. The molecule has 0 radical (unpaired) electrons. The SMILES string of the molecule is CCCCN(CC(=O)NCc1ccccc1F)C(C)=O. The lowest BCUT2D eigenvalue weighted by Crippen LogP contribution is -2.40. The monoisotopic (exact) mass is 280 g/mol.